The summed E-state index contributed by atoms with van der Waals surface area (Å²) in [4.78, 5) is 35.2. The molecule has 8 heteroatoms. The molecule has 0 aliphatic rings. The van der Waals surface area contributed by atoms with Crippen LogP contribution in [-0.2, 0) is 14.3 Å². The highest BCUT2D eigenvalue weighted by molar-refractivity contribution is 5.98. The highest BCUT2D eigenvalue weighted by Crippen LogP contribution is 2.14. The molecule has 2 rings (SSSR count). The number of anilines is 3. The first-order valence-corrected chi connectivity index (χ1v) is 8.76. The minimum absolute atomic E-state index is 0.0593. The SMILES string of the molecule is COCCNC(=O)c1cccc(NC(=O)CNc2ccc(NC(C)=O)cc2)c1. The number of hydrogen-bond acceptors (Lipinski definition) is 5. The lowest BCUT2D eigenvalue weighted by Gasteiger charge is -2.10. The molecule has 0 saturated heterocycles. The van der Waals surface area contributed by atoms with E-state index >= 15 is 0 Å². The summed E-state index contributed by atoms with van der Waals surface area (Å²) in [5.41, 5.74) is 2.42. The Hall–Kier alpha value is -3.39. The van der Waals surface area contributed by atoms with E-state index in [0.717, 1.165) is 5.69 Å². The summed E-state index contributed by atoms with van der Waals surface area (Å²) in [7, 11) is 1.56. The molecule has 0 heterocycles. The third kappa shape index (κ3) is 7.08. The summed E-state index contributed by atoms with van der Waals surface area (Å²) >= 11 is 0. The number of carbonyl (C=O) groups excluding carboxylic acids is 3. The van der Waals surface area contributed by atoms with Crippen LogP contribution >= 0.6 is 0 Å². The highest BCUT2D eigenvalue weighted by atomic mass is 16.5. The second-order valence-corrected chi connectivity index (χ2v) is 5.99. The molecule has 0 saturated carbocycles. The Kier molecular flexibility index (Phi) is 7.98. The Bertz CT molecular complexity index is 821. The van der Waals surface area contributed by atoms with Gasteiger partial charge in [-0.3, -0.25) is 14.4 Å². The third-order valence-electron chi connectivity index (χ3n) is 3.66. The molecule has 0 bridgehead atoms. The first kappa shape index (κ1) is 20.9. The summed E-state index contributed by atoms with van der Waals surface area (Å²) < 4.78 is 4.89. The van der Waals surface area contributed by atoms with Gasteiger partial charge in [0.2, 0.25) is 11.8 Å². The molecule has 0 unspecified atom stereocenters. The van der Waals surface area contributed by atoms with E-state index in [-0.39, 0.29) is 24.3 Å². The normalized spacial score (nSPS) is 10.1. The first-order valence-electron chi connectivity index (χ1n) is 8.76. The van der Waals surface area contributed by atoms with Gasteiger partial charge in [0.25, 0.3) is 5.91 Å². The fourth-order valence-electron chi connectivity index (χ4n) is 2.37. The van der Waals surface area contributed by atoms with E-state index in [1.807, 2.05) is 0 Å². The maximum absolute atomic E-state index is 12.1. The van der Waals surface area contributed by atoms with Crippen molar-refractivity contribution >= 4 is 34.8 Å². The number of ether oxygens (including phenoxy) is 1. The smallest absolute Gasteiger partial charge is 0.251 e. The minimum atomic E-state index is -0.247. The van der Waals surface area contributed by atoms with E-state index in [0.29, 0.717) is 30.1 Å². The number of carbonyl (C=O) groups is 3. The maximum Gasteiger partial charge on any atom is 0.251 e. The van der Waals surface area contributed by atoms with Crippen LogP contribution in [0.4, 0.5) is 17.1 Å². The predicted octanol–water partition coefficient (Wildman–Crippen LogP) is 2.07. The van der Waals surface area contributed by atoms with E-state index in [2.05, 4.69) is 21.3 Å². The van der Waals surface area contributed by atoms with Crippen LogP contribution in [0.3, 0.4) is 0 Å². The van der Waals surface area contributed by atoms with Gasteiger partial charge in [0.1, 0.15) is 0 Å². The lowest BCUT2D eigenvalue weighted by atomic mass is 10.2. The number of nitrogens with one attached hydrogen (secondary N) is 4. The number of rotatable bonds is 9. The molecule has 0 spiro atoms. The molecule has 0 radical (unpaired) electrons. The van der Waals surface area contributed by atoms with Crippen molar-refractivity contribution in [2.24, 2.45) is 0 Å². The molecule has 28 heavy (non-hydrogen) atoms. The topological polar surface area (TPSA) is 109 Å². The van der Waals surface area contributed by atoms with Gasteiger partial charge in [0.05, 0.1) is 13.2 Å². The molecule has 0 aliphatic heterocycles. The van der Waals surface area contributed by atoms with Gasteiger partial charge >= 0.3 is 0 Å². The Morgan fingerprint density at radius 1 is 0.929 bits per heavy atom. The molecule has 0 aromatic heterocycles. The molecule has 2 aromatic rings. The van der Waals surface area contributed by atoms with Crippen molar-refractivity contribution in [2.75, 3.05) is 42.8 Å². The van der Waals surface area contributed by atoms with Gasteiger partial charge in [0, 0.05) is 43.2 Å². The summed E-state index contributed by atoms with van der Waals surface area (Å²) in [5, 5.41) is 11.2. The second-order valence-electron chi connectivity index (χ2n) is 5.99. The fourth-order valence-corrected chi connectivity index (χ4v) is 2.37. The average molecular weight is 384 g/mol. The van der Waals surface area contributed by atoms with Gasteiger partial charge < -0.3 is 26.0 Å². The van der Waals surface area contributed by atoms with Crippen LogP contribution in [-0.4, -0.2) is 44.5 Å². The van der Waals surface area contributed by atoms with Gasteiger partial charge in [-0.1, -0.05) is 6.07 Å². The zero-order chi connectivity index (χ0) is 20.4. The molecule has 148 valence electrons. The third-order valence-corrected chi connectivity index (χ3v) is 3.66. The molecule has 0 atom stereocenters. The number of methoxy groups -OCH3 is 1. The van der Waals surface area contributed by atoms with E-state index in [4.69, 9.17) is 4.74 Å². The molecule has 2 aromatic carbocycles. The van der Waals surface area contributed by atoms with Crippen LogP contribution in [0.5, 0.6) is 0 Å². The zero-order valence-electron chi connectivity index (χ0n) is 15.9. The molecular weight excluding hydrogens is 360 g/mol. The van der Waals surface area contributed by atoms with Crippen molar-refractivity contribution in [3.05, 3.63) is 54.1 Å². The lowest BCUT2D eigenvalue weighted by molar-refractivity contribution is -0.115. The Morgan fingerprint density at radius 3 is 2.32 bits per heavy atom. The maximum atomic E-state index is 12.1. The first-order chi connectivity index (χ1) is 13.5. The van der Waals surface area contributed by atoms with Crippen LogP contribution in [0.1, 0.15) is 17.3 Å². The van der Waals surface area contributed by atoms with Gasteiger partial charge in [-0.2, -0.15) is 0 Å². The van der Waals surface area contributed by atoms with Gasteiger partial charge in [0.15, 0.2) is 0 Å². The summed E-state index contributed by atoms with van der Waals surface area (Å²) in [6, 6.07) is 13.7. The van der Waals surface area contributed by atoms with Gasteiger partial charge in [-0.15, -0.1) is 0 Å². The summed E-state index contributed by atoms with van der Waals surface area (Å²) in [6.07, 6.45) is 0. The van der Waals surface area contributed by atoms with Crippen LogP contribution in [0.2, 0.25) is 0 Å². The van der Waals surface area contributed by atoms with Crippen LogP contribution < -0.4 is 21.3 Å². The molecule has 0 aliphatic carbocycles. The molecule has 4 N–H and O–H groups in total. The number of hydrogen-bond donors (Lipinski definition) is 4. The predicted molar refractivity (Wildman–Crippen MR) is 109 cm³/mol. The standard InChI is InChI=1S/C20H24N4O4/c1-14(25)23-17-8-6-16(7-9-17)22-13-19(26)24-18-5-3-4-15(12-18)20(27)21-10-11-28-2/h3-9,12,22H,10-11,13H2,1-2H3,(H,21,27)(H,23,25)(H,24,26). The zero-order valence-corrected chi connectivity index (χ0v) is 15.9. The fraction of sp³-hybridized carbons (Fsp3) is 0.250. The quantitative estimate of drug-likeness (QED) is 0.495. The summed E-state index contributed by atoms with van der Waals surface area (Å²) in [6.45, 7) is 2.34. The van der Waals surface area contributed by atoms with E-state index < -0.39 is 0 Å². The van der Waals surface area contributed by atoms with Crippen LogP contribution in [0, 0.1) is 0 Å². The lowest BCUT2D eigenvalue weighted by Crippen LogP contribution is -2.27. The number of amides is 3. The number of benzene rings is 2. The monoisotopic (exact) mass is 384 g/mol. The van der Waals surface area contributed by atoms with Crippen molar-refractivity contribution in [2.45, 2.75) is 6.92 Å². The second kappa shape index (κ2) is 10.7. The largest absolute Gasteiger partial charge is 0.383 e. The van der Waals surface area contributed by atoms with Crippen LogP contribution in [0.25, 0.3) is 0 Å². The Balaban J connectivity index is 1.85. The van der Waals surface area contributed by atoms with Crippen LogP contribution in [0.15, 0.2) is 48.5 Å². The van der Waals surface area contributed by atoms with Gasteiger partial charge in [-0.05, 0) is 42.5 Å². The van der Waals surface area contributed by atoms with Crippen molar-refractivity contribution in [1.82, 2.24) is 5.32 Å². The van der Waals surface area contributed by atoms with E-state index in [1.54, 1.807) is 55.6 Å². The van der Waals surface area contributed by atoms with E-state index in [1.165, 1.54) is 6.92 Å². The van der Waals surface area contributed by atoms with Crippen molar-refractivity contribution in [3.8, 4) is 0 Å². The molecule has 3 amide bonds. The molecule has 0 fully saturated rings. The van der Waals surface area contributed by atoms with Crippen molar-refractivity contribution in [1.29, 1.82) is 0 Å². The minimum Gasteiger partial charge on any atom is -0.383 e. The van der Waals surface area contributed by atoms with Gasteiger partial charge in [-0.25, -0.2) is 0 Å². The highest BCUT2D eigenvalue weighted by Gasteiger charge is 2.08. The average Bonchev–Trinajstić information content (AvgIpc) is 2.67. The molecule has 8 nitrogen and oxygen atoms in total. The van der Waals surface area contributed by atoms with E-state index in [9.17, 15) is 14.4 Å². The Labute approximate surface area is 163 Å². The van der Waals surface area contributed by atoms with Crippen molar-refractivity contribution in [3.63, 3.8) is 0 Å². The Morgan fingerprint density at radius 2 is 1.64 bits per heavy atom. The van der Waals surface area contributed by atoms with Crippen molar-refractivity contribution < 1.29 is 19.1 Å². The molecular formula is C20H24N4O4. The summed E-state index contributed by atoms with van der Waals surface area (Å²) in [5.74, 6) is -0.622.